The van der Waals surface area contributed by atoms with Crippen LogP contribution in [-0.2, 0) is 14.8 Å². The Morgan fingerprint density at radius 2 is 1.84 bits per heavy atom. The largest absolute Gasteiger partial charge is 0.506 e. The molecule has 0 aromatic heterocycles. The van der Waals surface area contributed by atoms with Gasteiger partial charge in [0.1, 0.15) is 17.6 Å². The van der Waals surface area contributed by atoms with E-state index in [1.165, 1.54) is 12.1 Å². The summed E-state index contributed by atoms with van der Waals surface area (Å²) in [5.74, 6) is -1.27. The highest BCUT2D eigenvalue weighted by Gasteiger charge is 2.25. The highest BCUT2D eigenvalue weighted by molar-refractivity contribution is 7.89. The van der Waals surface area contributed by atoms with Crippen molar-refractivity contribution in [2.45, 2.75) is 31.2 Å². The van der Waals surface area contributed by atoms with Gasteiger partial charge in [0.25, 0.3) is 0 Å². The van der Waals surface area contributed by atoms with E-state index < -0.39 is 27.8 Å². The van der Waals surface area contributed by atoms with Crippen molar-refractivity contribution < 1.29 is 22.7 Å². The van der Waals surface area contributed by atoms with Crippen molar-refractivity contribution in [2.24, 2.45) is 0 Å². The van der Waals surface area contributed by atoms with E-state index in [1.54, 1.807) is 19.9 Å². The van der Waals surface area contributed by atoms with Crippen LogP contribution < -0.4 is 10.0 Å². The molecule has 0 spiro atoms. The van der Waals surface area contributed by atoms with E-state index in [9.17, 15) is 22.7 Å². The second-order valence-corrected chi connectivity index (χ2v) is 7.26. The van der Waals surface area contributed by atoms with Gasteiger partial charge >= 0.3 is 0 Å². The molecule has 1 unspecified atom stereocenters. The standard InChI is InChI=1S/C17H19FN2O4S/c1-3-14(17(22)19-15-9-4-11(2)10-16(15)21)20-25(23,24)13-7-5-12(18)6-8-13/h4-10,14,20-21H,3H2,1-2H3,(H,19,22). The Morgan fingerprint density at radius 1 is 1.20 bits per heavy atom. The van der Waals surface area contributed by atoms with Gasteiger partial charge in [0.15, 0.2) is 0 Å². The summed E-state index contributed by atoms with van der Waals surface area (Å²) in [6.45, 7) is 3.43. The van der Waals surface area contributed by atoms with E-state index in [0.29, 0.717) is 0 Å². The van der Waals surface area contributed by atoms with E-state index in [2.05, 4.69) is 10.0 Å². The van der Waals surface area contributed by atoms with Crippen LogP contribution in [0.2, 0.25) is 0 Å². The molecule has 2 aromatic carbocycles. The van der Waals surface area contributed by atoms with Gasteiger partial charge in [-0.05, 0) is 55.3 Å². The maximum Gasteiger partial charge on any atom is 0.242 e. The number of sulfonamides is 1. The molecule has 6 nitrogen and oxygen atoms in total. The second kappa shape index (κ2) is 7.62. The first-order valence-corrected chi connectivity index (χ1v) is 9.09. The number of hydrogen-bond donors (Lipinski definition) is 3. The SMILES string of the molecule is CCC(NS(=O)(=O)c1ccc(F)cc1)C(=O)Nc1ccc(C)cc1O. The number of phenols is 1. The molecule has 2 aromatic rings. The van der Waals surface area contributed by atoms with Crippen LogP contribution in [0.4, 0.5) is 10.1 Å². The van der Waals surface area contributed by atoms with Crippen molar-refractivity contribution in [3.63, 3.8) is 0 Å². The minimum absolute atomic E-state index is 0.107. The first-order chi connectivity index (χ1) is 11.7. The van der Waals surface area contributed by atoms with Gasteiger partial charge in [0.2, 0.25) is 15.9 Å². The number of carbonyl (C=O) groups excluding carboxylic acids is 1. The zero-order valence-electron chi connectivity index (χ0n) is 13.8. The maximum atomic E-state index is 12.9. The first kappa shape index (κ1) is 18.9. The van der Waals surface area contributed by atoms with Crippen molar-refractivity contribution in [3.05, 3.63) is 53.8 Å². The molecule has 0 radical (unpaired) electrons. The average Bonchev–Trinajstić information content (AvgIpc) is 2.55. The normalized spacial score (nSPS) is 12.6. The van der Waals surface area contributed by atoms with E-state index in [1.807, 2.05) is 0 Å². The van der Waals surface area contributed by atoms with Crippen LogP contribution in [0, 0.1) is 12.7 Å². The molecule has 134 valence electrons. The van der Waals surface area contributed by atoms with E-state index in [4.69, 9.17) is 0 Å². The number of rotatable bonds is 6. The molecule has 0 heterocycles. The predicted octanol–water partition coefficient (Wildman–Crippen LogP) is 2.54. The number of nitrogens with one attached hydrogen (secondary N) is 2. The number of hydrogen-bond acceptors (Lipinski definition) is 4. The second-order valence-electron chi connectivity index (χ2n) is 5.55. The monoisotopic (exact) mass is 366 g/mol. The first-order valence-electron chi connectivity index (χ1n) is 7.61. The smallest absolute Gasteiger partial charge is 0.242 e. The fourth-order valence-electron chi connectivity index (χ4n) is 2.16. The van der Waals surface area contributed by atoms with Crippen molar-refractivity contribution in [1.29, 1.82) is 0 Å². The van der Waals surface area contributed by atoms with E-state index >= 15 is 0 Å². The van der Waals surface area contributed by atoms with Gasteiger partial charge in [-0.1, -0.05) is 13.0 Å². The summed E-state index contributed by atoms with van der Waals surface area (Å²) in [6.07, 6.45) is 0.193. The molecule has 0 saturated carbocycles. The Kier molecular flexibility index (Phi) is 5.76. The van der Waals surface area contributed by atoms with Gasteiger partial charge < -0.3 is 10.4 Å². The number of phenolic OH excluding ortho intramolecular Hbond substituents is 1. The number of aryl methyl sites for hydroxylation is 1. The minimum Gasteiger partial charge on any atom is -0.506 e. The topological polar surface area (TPSA) is 95.5 Å². The van der Waals surface area contributed by atoms with Crippen LogP contribution in [0.5, 0.6) is 5.75 Å². The minimum atomic E-state index is -3.98. The molecule has 0 saturated heterocycles. The molecule has 0 aliphatic heterocycles. The summed E-state index contributed by atoms with van der Waals surface area (Å²) >= 11 is 0. The molecule has 0 bridgehead atoms. The van der Waals surface area contributed by atoms with Crippen LogP contribution in [0.15, 0.2) is 47.4 Å². The average molecular weight is 366 g/mol. The Morgan fingerprint density at radius 3 is 2.40 bits per heavy atom. The van der Waals surface area contributed by atoms with E-state index in [-0.39, 0.29) is 22.8 Å². The fourth-order valence-corrected chi connectivity index (χ4v) is 3.44. The molecule has 0 aliphatic rings. The molecular weight excluding hydrogens is 347 g/mol. The molecular formula is C17H19FN2O4S. The van der Waals surface area contributed by atoms with Crippen molar-refractivity contribution >= 4 is 21.6 Å². The lowest BCUT2D eigenvalue weighted by Gasteiger charge is -2.17. The van der Waals surface area contributed by atoms with Crippen LogP contribution >= 0.6 is 0 Å². The third-order valence-corrected chi connectivity index (χ3v) is 5.04. The Balaban J connectivity index is 2.15. The Hall–Kier alpha value is -2.45. The van der Waals surface area contributed by atoms with E-state index in [0.717, 1.165) is 29.8 Å². The zero-order valence-corrected chi connectivity index (χ0v) is 14.6. The lowest BCUT2D eigenvalue weighted by Crippen LogP contribution is -2.43. The predicted molar refractivity (Wildman–Crippen MR) is 92.3 cm³/mol. The Labute approximate surface area is 145 Å². The lowest BCUT2D eigenvalue weighted by atomic mass is 10.2. The summed E-state index contributed by atoms with van der Waals surface area (Å²) in [5.41, 5.74) is 1.01. The zero-order chi connectivity index (χ0) is 18.6. The summed E-state index contributed by atoms with van der Waals surface area (Å²) < 4.78 is 39.9. The number of benzene rings is 2. The molecule has 2 rings (SSSR count). The van der Waals surface area contributed by atoms with Gasteiger partial charge in [-0.2, -0.15) is 4.72 Å². The van der Waals surface area contributed by atoms with Crippen molar-refractivity contribution in [3.8, 4) is 5.75 Å². The summed E-state index contributed by atoms with van der Waals surface area (Å²) in [6, 6.07) is 7.97. The van der Waals surface area contributed by atoms with Gasteiger partial charge in [0.05, 0.1) is 10.6 Å². The molecule has 3 N–H and O–H groups in total. The number of amides is 1. The van der Waals surface area contributed by atoms with Gasteiger partial charge in [-0.3, -0.25) is 4.79 Å². The molecule has 0 fully saturated rings. The summed E-state index contributed by atoms with van der Waals surface area (Å²) in [5, 5.41) is 12.3. The highest BCUT2D eigenvalue weighted by Crippen LogP contribution is 2.24. The van der Waals surface area contributed by atoms with Gasteiger partial charge in [0, 0.05) is 0 Å². The van der Waals surface area contributed by atoms with Crippen molar-refractivity contribution in [1.82, 2.24) is 4.72 Å². The van der Waals surface area contributed by atoms with Crippen LogP contribution in [0.1, 0.15) is 18.9 Å². The number of halogens is 1. The molecule has 1 atom stereocenters. The number of aromatic hydroxyl groups is 1. The van der Waals surface area contributed by atoms with Crippen LogP contribution in [0.3, 0.4) is 0 Å². The van der Waals surface area contributed by atoms with Gasteiger partial charge in [-0.25, -0.2) is 12.8 Å². The molecule has 1 amide bonds. The quantitative estimate of drug-likeness (QED) is 0.685. The van der Waals surface area contributed by atoms with Crippen molar-refractivity contribution in [2.75, 3.05) is 5.32 Å². The number of anilines is 1. The third kappa shape index (κ3) is 4.77. The molecule has 0 aliphatic carbocycles. The van der Waals surface area contributed by atoms with Gasteiger partial charge in [-0.15, -0.1) is 0 Å². The molecule has 8 heteroatoms. The highest BCUT2D eigenvalue weighted by atomic mass is 32.2. The third-order valence-electron chi connectivity index (χ3n) is 3.56. The number of carbonyl (C=O) groups is 1. The maximum absolute atomic E-state index is 12.9. The van der Waals surface area contributed by atoms with Crippen LogP contribution in [-0.4, -0.2) is 25.5 Å². The van der Waals surface area contributed by atoms with Crippen LogP contribution in [0.25, 0.3) is 0 Å². The lowest BCUT2D eigenvalue weighted by molar-refractivity contribution is -0.117. The Bertz CT molecular complexity index is 867. The summed E-state index contributed by atoms with van der Waals surface area (Å²) in [7, 11) is -3.98. The fraction of sp³-hybridized carbons (Fsp3) is 0.235. The summed E-state index contributed by atoms with van der Waals surface area (Å²) in [4.78, 5) is 12.2. The molecule has 25 heavy (non-hydrogen) atoms.